The first-order valence-corrected chi connectivity index (χ1v) is 8.99. The Morgan fingerprint density at radius 1 is 1.35 bits per heavy atom. The molecule has 2 heterocycles. The number of fused-ring (bicyclic) bond motifs is 2. The van der Waals surface area contributed by atoms with E-state index >= 15 is 0 Å². The third-order valence-electron chi connectivity index (χ3n) is 5.41. The van der Waals surface area contributed by atoms with E-state index in [-0.39, 0.29) is 29.7 Å². The molecule has 2 unspecified atom stereocenters. The average Bonchev–Trinajstić information content (AvgIpc) is 2.84. The molecule has 0 amide bonds. The topological polar surface area (TPSA) is 29.5 Å². The van der Waals surface area contributed by atoms with Gasteiger partial charge in [0.25, 0.3) is 0 Å². The summed E-state index contributed by atoms with van der Waals surface area (Å²) in [5.41, 5.74) is 1.05. The van der Waals surface area contributed by atoms with Crippen LogP contribution in [0.25, 0.3) is 0 Å². The number of methoxy groups -OCH3 is 1. The van der Waals surface area contributed by atoms with Gasteiger partial charge in [-0.05, 0) is 55.7 Å². The van der Waals surface area contributed by atoms with Gasteiger partial charge in [-0.15, -0.1) is 0 Å². The molecule has 0 aliphatic carbocycles. The molecule has 23 heavy (non-hydrogen) atoms. The fraction of sp³-hybridized carbons (Fsp3) is 0.611. The first-order valence-electron chi connectivity index (χ1n) is 8.35. The lowest BCUT2D eigenvalue weighted by Crippen LogP contribution is -2.51. The van der Waals surface area contributed by atoms with Crippen molar-refractivity contribution in [1.29, 1.82) is 0 Å². The zero-order chi connectivity index (χ0) is 16.4. The fourth-order valence-electron chi connectivity index (χ4n) is 4.43. The van der Waals surface area contributed by atoms with Crippen LogP contribution < -0.4 is 0 Å². The second kappa shape index (κ2) is 7.22. The van der Waals surface area contributed by atoms with Crippen molar-refractivity contribution in [3.8, 4) is 0 Å². The molecule has 1 aromatic rings. The molecule has 0 aromatic heterocycles. The monoisotopic (exact) mass is 337 g/mol. The number of hydrogen-bond acceptors (Lipinski definition) is 4. The summed E-state index contributed by atoms with van der Waals surface area (Å²) in [5.74, 6) is 0.440. The van der Waals surface area contributed by atoms with Crippen LogP contribution >= 0.6 is 12.6 Å². The molecule has 0 saturated carbocycles. The number of piperidine rings is 1. The van der Waals surface area contributed by atoms with Crippen molar-refractivity contribution < 1.29 is 13.9 Å². The molecule has 5 heteroatoms. The number of carbonyl (C=O) groups is 1. The lowest BCUT2D eigenvalue weighted by atomic mass is 9.76. The van der Waals surface area contributed by atoms with Gasteiger partial charge in [-0.3, -0.25) is 9.69 Å². The lowest BCUT2D eigenvalue weighted by molar-refractivity contribution is -0.150. The summed E-state index contributed by atoms with van der Waals surface area (Å²) in [6.45, 7) is 0.989. The largest absolute Gasteiger partial charge is 0.469 e. The lowest BCUT2D eigenvalue weighted by Gasteiger charge is -2.43. The Morgan fingerprint density at radius 2 is 2.09 bits per heavy atom. The van der Waals surface area contributed by atoms with E-state index in [1.807, 2.05) is 12.1 Å². The van der Waals surface area contributed by atoms with Crippen molar-refractivity contribution in [1.82, 2.24) is 4.90 Å². The van der Waals surface area contributed by atoms with Crippen molar-refractivity contribution in [2.45, 2.75) is 43.7 Å². The van der Waals surface area contributed by atoms with Crippen LogP contribution in [0, 0.1) is 11.7 Å². The molecule has 126 valence electrons. The maximum absolute atomic E-state index is 13.2. The van der Waals surface area contributed by atoms with Gasteiger partial charge < -0.3 is 4.74 Å². The molecule has 0 N–H and O–H groups in total. The number of nitrogens with zero attached hydrogens (tertiary/aromatic N) is 1. The third kappa shape index (κ3) is 3.26. The standard InChI is InChI=1S/C18H24FNO2S/c1-22-18(21)17-15(12-3-5-13(19)6-4-12)11-14-7-8-16(17)20(14)9-2-10-23/h3-6,14-17,23H,2,7-11H2,1H3/t14?,15-,16?,17+/m1/s1. The molecule has 2 bridgehead atoms. The van der Waals surface area contributed by atoms with Crippen molar-refractivity contribution in [2.24, 2.45) is 5.92 Å². The predicted molar refractivity (Wildman–Crippen MR) is 91.3 cm³/mol. The van der Waals surface area contributed by atoms with Gasteiger partial charge in [0, 0.05) is 18.0 Å². The molecular formula is C18H24FNO2S. The fourth-order valence-corrected chi connectivity index (χ4v) is 4.57. The van der Waals surface area contributed by atoms with Crippen molar-refractivity contribution in [3.05, 3.63) is 35.6 Å². The van der Waals surface area contributed by atoms with Crippen LogP contribution in [-0.2, 0) is 9.53 Å². The van der Waals surface area contributed by atoms with Crippen molar-refractivity contribution in [3.63, 3.8) is 0 Å². The Labute approximate surface area is 142 Å². The number of benzene rings is 1. The number of ether oxygens (including phenoxy) is 1. The Morgan fingerprint density at radius 3 is 2.74 bits per heavy atom. The predicted octanol–water partition coefficient (Wildman–Crippen LogP) is 3.26. The second-order valence-corrected chi connectivity index (χ2v) is 7.00. The summed E-state index contributed by atoms with van der Waals surface area (Å²) in [5, 5.41) is 0. The molecule has 3 nitrogen and oxygen atoms in total. The van der Waals surface area contributed by atoms with Gasteiger partial charge >= 0.3 is 5.97 Å². The van der Waals surface area contributed by atoms with E-state index in [2.05, 4.69) is 17.5 Å². The molecular weight excluding hydrogens is 313 g/mol. The van der Waals surface area contributed by atoms with Crippen molar-refractivity contribution in [2.75, 3.05) is 19.4 Å². The highest BCUT2D eigenvalue weighted by atomic mass is 32.1. The van der Waals surface area contributed by atoms with E-state index in [1.54, 1.807) is 0 Å². The average molecular weight is 337 g/mol. The quantitative estimate of drug-likeness (QED) is 0.661. The molecule has 2 saturated heterocycles. The number of hydrogen-bond donors (Lipinski definition) is 1. The molecule has 1 aromatic carbocycles. The number of rotatable bonds is 5. The minimum absolute atomic E-state index is 0.118. The van der Waals surface area contributed by atoms with Gasteiger partial charge in [0.15, 0.2) is 0 Å². The Hall–Kier alpha value is -1.07. The van der Waals surface area contributed by atoms with E-state index < -0.39 is 0 Å². The third-order valence-corrected chi connectivity index (χ3v) is 5.73. The molecule has 2 aliphatic rings. The van der Waals surface area contributed by atoms with Gasteiger partial charge in [-0.2, -0.15) is 12.6 Å². The summed E-state index contributed by atoms with van der Waals surface area (Å²) in [6, 6.07) is 7.35. The van der Waals surface area contributed by atoms with Crippen LogP contribution in [0.4, 0.5) is 4.39 Å². The van der Waals surface area contributed by atoms with Gasteiger partial charge in [-0.25, -0.2) is 4.39 Å². The number of esters is 1. The zero-order valence-corrected chi connectivity index (χ0v) is 14.3. The first kappa shape index (κ1) is 16.8. The molecule has 0 spiro atoms. The number of carbonyl (C=O) groups excluding carboxylic acids is 1. The van der Waals surface area contributed by atoms with Gasteiger partial charge in [0.05, 0.1) is 13.0 Å². The van der Waals surface area contributed by atoms with Crippen LogP contribution in [0.15, 0.2) is 24.3 Å². The van der Waals surface area contributed by atoms with Gasteiger partial charge in [0.2, 0.25) is 0 Å². The van der Waals surface area contributed by atoms with Crippen LogP contribution in [0.3, 0.4) is 0 Å². The van der Waals surface area contributed by atoms with Crippen LogP contribution in [0.5, 0.6) is 0 Å². The minimum Gasteiger partial charge on any atom is -0.469 e. The summed E-state index contributed by atoms with van der Waals surface area (Å²) in [4.78, 5) is 15.0. The molecule has 4 atom stereocenters. The highest BCUT2D eigenvalue weighted by molar-refractivity contribution is 7.80. The molecule has 2 fully saturated rings. The summed E-state index contributed by atoms with van der Waals surface area (Å²) < 4.78 is 18.3. The Bertz CT molecular complexity index is 550. The summed E-state index contributed by atoms with van der Waals surface area (Å²) in [7, 11) is 1.46. The van der Waals surface area contributed by atoms with E-state index in [4.69, 9.17) is 4.74 Å². The highest BCUT2D eigenvalue weighted by Crippen LogP contribution is 2.47. The summed E-state index contributed by atoms with van der Waals surface area (Å²) in [6.07, 6.45) is 4.14. The van der Waals surface area contributed by atoms with Gasteiger partial charge in [-0.1, -0.05) is 12.1 Å². The minimum atomic E-state index is -0.238. The van der Waals surface area contributed by atoms with E-state index in [1.165, 1.54) is 19.2 Å². The molecule has 0 radical (unpaired) electrons. The first-order chi connectivity index (χ1) is 11.2. The maximum atomic E-state index is 13.2. The van der Waals surface area contributed by atoms with Crippen molar-refractivity contribution >= 4 is 18.6 Å². The highest BCUT2D eigenvalue weighted by Gasteiger charge is 2.50. The summed E-state index contributed by atoms with van der Waals surface area (Å²) >= 11 is 4.31. The normalized spacial score (nSPS) is 30.4. The van der Waals surface area contributed by atoms with Crippen LogP contribution in [0.2, 0.25) is 0 Å². The number of halogens is 1. The Kier molecular flexibility index (Phi) is 5.27. The van der Waals surface area contributed by atoms with E-state index in [9.17, 15) is 9.18 Å². The van der Waals surface area contributed by atoms with Crippen LogP contribution in [-0.4, -0.2) is 42.4 Å². The van der Waals surface area contributed by atoms with Gasteiger partial charge in [0.1, 0.15) is 5.82 Å². The zero-order valence-electron chi connectivity index (χ0n) is 13.5. The second-order valence-electron chi connectivity index (χ2n) is 6.56. The maximum Gasteiger partial charge on any atom is 0.310 e. The molecule has 2 aliphatic heterocycles. The molecule has 3 rings (SSSR count). The SMILES string of the molecule is COC(=O)[C@@H]1C2CCC(C[C@@H]1c1ccc(F)cc1)N2CCCS. The van der Waals surface area contributed by atoms with Crippen LogP contribution in [0.1, 0.15) is 37.2 Å². The van der Waals surface area contributed by atoms with E-state index in [0.717, 1.165) is 43.5 Å². The smallest absolute Gasteiger partial charge is 0.310 e. The Balaban J connectivity index is 1.88. The van der Waals surface area contributed by atoms with E-state index in [0.29, 0.717) is 6.04 Å². The number of thiol groups is 1.